The number of aromatic nitrogens is 5. The second kappa shape index (κ2) is 6.61. The number of unbranched alkanes of at least 4 members (excludes halogenated alkanes) is 1. The maximum atomic E-state index is 12.8. The molecule has 7 heteroatoms. The largest absolute Gasteiger partial charge is 0.347 e. The number of aromatic amines is 2. The highest BCUT2D eigenvalue weighted by Crippen LogP contribution is 2.29. The lowest BCUT2D eigenvalue weighted by Crippen LogP contribution is -2.11. The lowest BCUT2D eigenvalue weighted by Gasteiger charge is -2.03. The molecule has 140 valence electrons. The predicted octanol–water partition coefficient (Wildman–Crippen LogP) is 3.16. The van der Waals surface area contributed by atoms with E-state index in [-0.39, 0.29) is 5.56 Å². The summed E-state index contributed by atoms with van der Waals surface area (Å²) in [4.78, 5) is 27.9. The third-order valence-corrected chi connectivity index (χ3v) is 5.13. The topological polar surface area (TPSA) is 105 Å². The average molecular weight is 372 g/mol. The summed E-state index contributed by atoms with van der Waals surface area (Å²) in [7, 11) is 0. The Morgan fingerprint density at radius 2 is 1.93 bits per heavy atom. The van der Waals surface area contributed by atoms with Gasteiger partial charge in [-0.25, -0.2) is 9.97 Å². The normalized spacial score (nSPS) is 11.8. The quantitative estimate of drug-likeness (QED) is 0.412. The van der Waals surface area contributed by atoms with Crippen LogP contribution in [0.4, 0.5) is 0 Å². The number of para-hydroxylation sites is 1. The monoisotopic (exact) mass is 372 g/mol. The molecule has 0 atom stereocenters. The highest BCUT2D eigenvalue weighted by Gasteiger charge is 2.15. The molecule has 5 aromatic rings. The molecule has 5 rings (SSSR count). The smallest absolute Gasteiger partial charge is 0.275 e. The van der Waals surface area contributed by atoms with Crippen LogP contribution in [-0.2, 0) is 6.54 Å². The molecule has 0 amide bonds. The first-order valence-corrected chi connectivity index (χ1v) is 9.40. The summed E-state index contributed by atoms with van der Waals surface area (Å²) in [5.74, 6) is 0. The fourth-order valence-electron chi connectivity index (χ4n) is 3.75. The lowest BCUT2D eigenvalue weighted by atomic mass is 10.1. The average Bonchev–Trinajstić information content (AvgIpc) is 3.30. The first kappa shape index (κ1) is 16.7. The lowest BCUT2D eigenvalue weighted by molar-refractivity contribution is 0.631. The second-order valence-corrected chi connectivity index (χ2v) is 6.95. The van der Waals surface area contributed by atoms with Crippen molar-refractivity contribution in [2.45, 2.75) is 19.4 Å². The highest BCUT2D eigenvalue weighted by molar-refractivity contribution is 5.97. The molecule has 4 N–H and O–H groups in total. The number of imidazole rings is 1. The van der Waals surface area contributed by atoms with Gasteiger partial charge in [0, 0.05) is 29.2 Å². The first-order valence-electron chi connectivity index (χ1n) is 9.40. The van der Waals surface area contributed by atoms with Crippen LogP contribution in [-0.4, -0.2) is 31.0 Å². The van der Waals surface area contributed by atoms with Crippen molar-refractivity contribution in [3.8, 4) is 11.3 Å². The van der Waals surface area contributed by atoms with E-state index >= 15 is 0 Å². The maximum Gasteiger partial charge on any atom is 0.275 e. The fourth-order valence-corrected chi connectivity index (χ4v) is 3.75. The van der Waals surface area contributed by atoms with Gasteiger partial charge in [-0.1, -0.05) is 18.2 Å². The van der Waals surface area contributed by atoms with Crippen molar-refractivity contribution in [3.63, 3.8) is 0 Å². The van der Waals surface area contributed by atoms with Gasteiger partial charge in [0.2, 0.25) is 0 Å². The minimum atomic E-state index is -0.202. The minimum Gasteiger partial charge on any atom is -0.347 e. The zero-order valence-electron chi connectivity index (χ0n) is 15.3. The van der Waals surface area contributed by atoms with Crippen LogP contribution in [0.1, 0.15) is 12.8 Å². The summed E-state index contributed by atoms with van der Waals surface area (Å²) >= 11 is 0. The van der Waals surface area contributed by atoms with Crippen molar-refractivity contribution in [1.29, 1.82) is 0 Å². The molecule has 3 heterocycles. The van der Waals surface area contributed by atoms with E-state index in [9.17, 15) is 4.79 Å². The molecule has 28 heavy (non-hydrogen) atoms. The van der Waals surface area contributed by atoms with Crippen LogP contribution in [0.3, 0.4) is 0 Å². The molecular weight excluding hydrogens is 352 g/mol. The first-order chi connectivity index (χ1) is 13.7. The summed E-state index contributed by atoms with van der Waals surface area (Å²) in [5, 5.41) is 1.02. The third-order valence-electron chi connectivity index (χ3n) is 5.13. The number of nitrogens with zero attached hydrogens (tertiary/aromatic N) is 3. The summed E-state index contributed by atoms with van der Waals surface area (Å²) in [6, 6.07) is 11.9. The Morgan fingerprint density at radius 3 is 2.82 bits per heavy atom. The van der Waals surface area contributed by atoms with Gasteiger partial charge in [0.15, 0.2) is 0 Å². The molecule has 0 aliphatic heterocycles. The van der Waals surface area contributed by atoms with Crippen LogP contribution < -0.4 is 11.3 Å². The van der Waals surface area contributed by atoms with Crippen LogP contribution >= 0.6 is 0 Å². The van der Waals surface area contributed by atoms with Gasteiger partial charge in [0.1, 0.15) is 5.69 Å². The fraction of sp³-hybridized carbons (Fsp3) is 0.190. The van der Waals surface area contributed by atoms with Crippen LogP contribution in [0.5, 0.6) is 0 Å². The SMILES string of the molecule is NCCCCn1cc(-c2nc3cc4[nH]cnc4cc3[nH]c2=O)c2ccccc21. The number of hydrogen-bond donors (Lipinski definition) is 3. The van der Waals surface area contributed by atoms with Crippen molar-refractivity contribution in [2.75, 3.05) is 6.54 Å². The van der Waals surface area contributed by atoms with Gasteiger partial charge in [0.25, 0.3) is 5.56 Å². The van der Waals surface area contributed by atoms with E-state index in [1.54, 1.807) is 6.33 Å². The molecule has 0 aliphatic carbocycles. The molecule has 0 spiro atoms. The Labute approximate surface area is 160 Å². The van der Waals surface area contributed by atoms with Crippen molar-refractivity contribution in [2.24, 2.45) is 5.73 Å². The number of nitrogens with one attached hydrogen (secondary N) is 2. The highest BCUT2D eigenvalue weighted by atomic mass is 16.1. The number of fused-ring (bicyclic) bond motifs is 3. The standard InChI is InChI=1S/C21H20N6O/c22-7-3-4-8-27-11-14(13-5-1-2-6-19(13)27)20-21(28)26-18-10-16-15(23-12-24-16)9-17(18)25-20/h1-2,5-6,9-12H,3-4,7-8,22H2,(H,23,24)(H,26,28). The van der Waals surface area contributed by atoms with Crippen LogP contribution in [0.2, 0.25) is 0 Å². The van der Waals surface area contributed by atoms with Crippen molar-refractivity contribution in [3.05, 3.63) is 59.3 Å². The number of benzene rings is 2. The van der Waals surface area contributed by atoms with E-state index in [0.717, 1.165) is 52.4 Å². The van der Waals surface area contributed by atoms with Gasteiger partial charge in [0.05, 0.1) is 28.4 Å². The molecule has 0 fully saturated rings. The number of nitrogens with two attached hydrogens (primary N) is 1. The van der Waals surface area contributed by atoms with E-state index < -0.39 is 0 Å². The summed E-state index contributed by atoms with van der Waals surface area (Å²) in [5.41, 5.74) is 10.9. The Bertz CT molecular complexity index is 1360. The van der Waals surface area contributed by atoms with E-state index in [0.29, 0.717) is 17.8 Å². The molecule has 0 radical (unpaired) electrons. The summed E-state index contributed by atoms with van der Waals surface area (Å²) in [6.07, 6.45) is 5.63. The number of rotatable bonds is 5. The molecule has 0 saturated heterocycles. The van der Waals surface area contributed by atoms with Crippen LogP contribution in [0, 0.1) is 0 Å². The van der Waals surface area contributed by atoms with Gasteiger partial charge in [-0.3, -0.25) is 4.79 Å². The Kier molecular flexibility index (Phi) is 3.95. The Balaban J connectivity index is 1.70. The minimum absolute atomic E-state index is 0.202. The second-order valence-electron chi connectivity index (χ2n) is 6.95. The van der Waals surface area contributed by atoms with E-state index in [1.165, 1.54) is 0 Å². The maximum absolute atomic E-state index is 12.8. The molecule has 0 saturated carbocycles. The molecule has 3 aromatic heterocycles. The van der Waals surface area contributed by atoms with Gasteiger partial charge in [-0.15, -0.1) is 0 Å². The van der Waals surface area contributed by atoms with Crippen LogP contribution in [0.25, 0.3) is 44.2 Å². The molecule has 0 aliphatic rings. The Morgan fingerprint density at radius 1 is 1.07 bits per heavy atom. The van der Waals surface area contributed by atoms with Gasteiger partial charge in [-0.2, -0.15) is 0 Å². The van der Waals surface area contributed by atoms with Gasteiger partial charge in [-0.05, 0) is 37.6 Å². The van der Waals surface area contributed by atoms with Crippen molar-refractivity contribution < 1.29 is 0 Å². The van der Waals surface area contributed by atoms with E-state index in [1.807, 2.05) is 36.5 Å². The summed E-state index contributed by atoms with van der Waals surface area (Å²) in [6.45, 7) is 1.54. The molecule has 7 nitrogen and oxygen atoms in total. The molecular formula is C21H20N6O. The molecule has 0 bridgehead atoms. The van der Waals surface area contributed by atoms with Gasteiger partial charge >= 0.3 is 0 Å². The molecule has 2 aromatic carbocycles. The number of aryl methyl sites for hydroxylation is 1. The van der Waals surface area contributed by atoms with E-state index in [4.69, 9.17) is 10.7 Å². The zero-order chi connectivity index (χ0) is 19.1. The number of H-pyrrole nitrogens is 2. The van der Waals surface area contributed by atoms with Crippen molar-refractivity contribution >= 4 is 33.0 Å². The molecule has 0 unspecified atom stereocenters. The zero-order valence-corrected chi connectivity index (χ0v) is 15.3. The van der Waals surface area contributed by atoms with Crippen LogP contribution in [0.15, 0.2) is 53.7 Å². The van der Waals surface area contributed by atoms with Crippen molar-refractivity contribution in [1.82, 2.24) is 24.5 Å². The summed E-state index contributed by atoms with van der Waals surface area (Å²) < 4.78 is 2.18. The van der Waals surface area contributed by atoms with E-state index in [2.05, 4.69) is 25.6 Å². The number of hydrogen-bond acceptors (Lipinski definition) is 4. The Hall–Kier alpha value is -3.45. The van der Waals surface area contributed by atoms with Gasteiger partial charge < -0.3 is 20.3 Å². The third kappa shape index (κ3) is 2.68. The predicted molar refractivity (Wildman–Crippen MR) is 111 cm³/mol.